The van der Waals surface area contributed by atoms with Crippen LogP contribution in [0.2, 0.25) is 0 Å². The maximum absolute atomic E-state index is 12.2. The van der Waals surface area contributed by atoms with E-state index in [1.54, 1.807) is 36.4 Å². The van der Waals surface area contributed by atoms with Crippen molar-refractivity contribution in [3.8, 4) is 5.75 Å². The summed E-state index contributed by atoms with van der Waals surface area (Å²) in [5.74, 6) is -1.35. The van der Waals surface area contributed by atoms with Crippen LogP contribution in [0.15, 0.2) is 54.6 Å². The molecule has 0 spiro atoms. The zero-order valence-electron chi connectivity index (χ0n) is 17.1. The number of aliphatic hydroxyl groups excluding tert-OH is 1. The number of methoxy groups -OCH3 is 1. The average Bonchev–Trinajstić information content (AvgIpc) is 2.76. The SMILES string of the molecule is COc1ccccc1C[C@@H](NC(=O)C[C@H](O)CNC(=O)OCc1ccccc1)C(=O)O. The number of aliphatic hydroxyl groups is 1. The van der Waals surface area contributed by atoms with Gasteiger partial charge in [-0.3, -0.25) is 4.79 Å². The number of rotatable bonds is 11. The minimum absolute atomic E-state index is 0.0191. The highest BCUT2D eigenvalue weighted by molar-refractivity contribution is 5.84. The number of benzene rings is 2. The molecule has 2 amide bonds. The summed E-state index contributed by atoms with van der Waals surface area (Å²) in [5.41, 5.74) is 1.44. The molecule has 2 atom stereocenters. The number of carboxylic acids is 1. The zero-order valence-corrected chi connectivity index (χ0v) is 17.1. The van der Waals surface area contributed by atoms with Gasteiger partial charge in [-0.25, -0.2) is 9.59 Å². The molecule has 2 aromatic rings. The Kier molecular flexibility index (Phi) is 9.31. The van der Waals surface area contributed by atoms with Gasteiger partial charge in [0.15, 0.2) is 0 Å². The van der Waals surface area contributed by atoms with Crippen LogP contribution in [0.1, 0.15) is 17.5 Å². The van der Waals surface area contributed by atoms with Crippen LogP contribution in [-0.4, -0.2) is 54.0 Å². The van der Waals surface area contributed by atoms with Crippen LogP contribution in [0.5, 0.6) is 5.75 Å². The van der Waals surface area contributed by atoms with E-state index in [4.69, 9.17) is 9.47 Å². The molecule has 4 N–H and O–H groups in total. The maximum Gasteiger partial charge on any atom is 0.407 e. The Hall–Kier alpha value is -3.59. The Balaban J connectivity index is 1.77. The lowest BCUT2D eigenvalue weighted by molar-refractivity contribution is -0.142. The molecular weight excluding hydrogens is 404 g/mol. The van der Waals surface area contributed by atoms with Crippen molar-refractivity contribution >= 4 is 18.0 Å². The molecule has 0 aliphatic heterocycles. The average molecular weight is 430 g/mol. The van der Waals surface area contributed by atoms with Gasteiger partial charge in [0.05, 0.1) is 19.6 Å². The van der Waals surface area contributed by atoms with E-state index in [0.717, 1.165) is 5.56 Å². The van der Waals surface area contributed by atoms with Gasteiger partial charge < -0.3 is 30.3 Å². The molecule has 0 unspecified atom stereocenters. The second-order valence-corrected chi connectivity index (χ2v) is 6.77. The molecule has 0 fully saturated rings. The molecule has 2 rings (SSSR count). The first-order chi connectivity index (χ1) is 14.9. The van der Waals surface area contributed by atoms with Crippen LogP contribution in [0, 0.1) is 0 Å². The summed E-state index contributed by atoms with van der Waals surface area (Å²) >= 11 is 0. The van der Waals surface area contributed by atoms with Crippen LogP contribution in [-0.2, 0) is 27.4 Å². The number of para-hydroxylation sites is 1. The third kappa shape index (κ3) is 8.35. The van der Waals surface area contributed by atoms with Gasteiger partial charge in [-0.15, -0.1) is 0 Å². The van der Waals surface area contributed by atoms with Gasteiger partial charge in [0.2, 0.25) is 5.91 Å². The van der Waals surface area contributed by atoms with Gasteiger partial charge in [0.25, 0.3) is 0 Å². The lowest BCUT2D eigenvalue weighted by Crippen LogP contribution is -2.44. The van der Waals surface area contributed by atoms with Crippen LogP contribution in [0.25, 0.3) is 0 Å². The van der Waals surface area contributed by atoms with Crippen LogP contribution >= 0.6 is 0 Å². The van der Waals surface area contributed by atoms with Crippen molar-refractivity contribution in [3.63, 3.8) is 0 Å². The number of aliphatic carboxylic acids is 1. The van der Waals surface area contributed by atoms with Gasteiger partial charge >= 0.3 is 12.1 Å². The van der Waals surface area contributed by atoms with Gasteiger partial charge in [-0.05, 0) is 17.2 Å². The number of nitrogens with one attached hydrogen (secondary N) is 2. The summed E-state index contributed by atoms with van der Waals surface area (Å²) in [5, 5.41) is 24.1. The Labute approximate surface area is 180 Å². The summed E-state index contributed by atoms with van der Waals surface area (Å²) in [6, 6.07) is 14.8. The van der Waals surface area contributed by atoms with E-state index in [-0.39, 0.29) is 26.0 Å². The summed E-state index contributed by atoms with van der Waals surface area (Å²) in [6.45, 7) is -0.141. The minimum Gasteiger partial charge on any atom is -0.496 e. The quantitative estimate of drug-likeness (QED) is 0.424. The molecule has 9 heteroatoms. The van der Waals surface area contributed by atoms with E-state index in [0.29, 0.717) is 11.3 Å². The number of carbonyl (C=O) groups is 3. The molecule has 0 saturated carbocycles. The molecule has 0 heterocycles. The summed E-state index contributed by atoms with van der Waals surface area (Å²) in [7, 11) is 1.47. The fourth-order valence-electron chi connectivity index (χ4n) is 2.81. The van der Waals surface area contributed by atoms with Crippen LogP contribution < -0.4 is 15.4 Å². The van der Waals surface area contributed by atoms with Crippen molar-refractivity contribution in [2.45, 2.75) is 31.6 Å². The molecule has 0 aliphatic rings. The van der Waals surface area contributed by atoms with Crippen molar-refractivity contribution in [3.05, 3.63) is 65.7 Å². The van der Waals surface area contributed by atoms with Crippen molar-refractivity contribution in [1.82, 2.24) is 10.6 Å². The largest absolute Gasteiger partial charge is 0.496 e. The van der Waals surface area contributed by atoms with E-state index in [1.165, 1.54) is 7.11 Å². The van der Waals surface area contributed by atoms with E-state index < -0.39 is 30.1 Å². The highest BCUT2D eigenvalue weighted by Crippen LogP contribution is 2.19. The third-order valence-corrected chi connectivity index (χ3v) is 4.37. The first-order valence-electron chi connectivity index (χ1n) is 9.65. The second kappa shape index (κ2) is 12.2. The van der Waals surface area contributed by atoms with E-state index in [9.17, 15) is 24.6 Å². The molecule has 0 aromatic heterocycles. The Bertz CT molecular complexity index is 873. The molecule has 9 nitrogen and oxygen atoms in total. The molecule has 0 saturated heterocycles. The summed E-state index contributed by atoms with van der Waals surface area (Å²) in [6.07, 6.45) is -2.30. The number of ether oxygens (including phenoxy) is 2. The molecule has 0 radical (unpaired) electrons. The maximum atomic E-state index is 12.2. The van der Waals surface area contributed by atoms with Crippen molar-refractivity contribution in [2.75, 3.05) is 13.7 Å². The summed E-state index contributed by atoms with van der Waals surface area (Å²) < 4.78 is 10.2. The van der Waals surface area contributed by atoms with E-state index in [1.807, 2.05) is 18.2 Å². The zero-order chi connectivity index (χ0) is 22.6. The van der Waals surface area contributed by atoms with Crippen LogP contribution in [0.4, 0.5) is 4.79 Å². The number of amides is 2. The minimum atomic E-state index is -1.21. The molecule has 0 aliphatic carbocycles. The number of hydrogen-bond donors (Lipinski definition) is 4. The lowest BCUT2D eigenvalue weighted by atomic mass is 10.0. The topological polar surface area (TPSA) is 134 Å². The van der Waals surface area contributed by atoms with Gasteiger partial charge in [0.1, 0.15) is 18.4 Å². The molecule has 31 heavy (non-hydrogen) atoms. The fraction of sp³-hybridized carbons (Fsp3) is 0.318. The Morgan fingerprint density at radius 1 is 1.03 bits per heavy atom. The van der Waals surface area contributed by atoms with Crippen molar-refractivity contribution in [2.24, 2.45) is 0 Å². The molecular formula is C22H26N2O7. The standard InChI is InChI=1S/C22H26N2O7/c1-30-19-10-6-5-9-16(19)11-18(21(27)28)24-20(26)12-17(25)13-23-22(29)31-14-15-7-3-2-4-8-15/h2-10,17-18,25H,11-14H2,1H3,(H,23,29)(H,24,26)(H,27,28)/t17-,18+/m0/s1. The lowest BCUT2D eigenvalue weighted by Gasteiger charge is -2.18. The molecule has 166 valence electrons. The Morgan fingerprint density at radius 2 is 1.71 bits per heavy atom. The highest BCUT2D eigenvalue weighted by atomic mass is 16.5. The predicted octanol–water partition coefficient (Wildman–Crippen LogP) is 1.48. The first-order valence-corrected chi connectivity index (χ1v) is 9.65. The normalized spacial score (nSPS) is 12.3. The van der Waals surface area contributed by atoms with Gasteiger partial charge in [-0.1, -0.05) is 48.5 Å². The van der Waals surface area contributed by atoms with Crippen LogP contribution in [0.3, 0.4) is 0 Å². The van der Waals surface area contributed by atoms with Crippen molar-refractivity contribution in [1.29, 1.82) is 0 Å². The predicted molar refractivity (Wildman–Crippen MR) is 112 cm³/mol. The fourth-order valence-corrected chi connectivity index (χ4v) is 2.81. The molecule has 2 aromatic carbocycles. The third-order valence-electron chi connectivity index (χ3n) is 4.37. The second-order valence-electron chi connectivity index (χ2n) is 6.77. The number of alkyl carbamates (subject to hydrolysis) is 1. The molecule has 0 bridgehead atoms. The number of carbonyl (C=O) groups excluding carboxylic acids is 2. The van der Waals surface area contributed by atoms with E-state index >= 15 is 0 Å². The monoisotopic (exact) mass is 430 g/mol. The van der Waals surface area contributed by atoms with E-state index in [2.05, 4.69) is 10.6 Å². The smallest absolute Gasteiger partial charge is 0.407 e. The number of hydrogen-bond acceptors (Lipinski definition) is 6. The first kappa shape index (κ1) is 23.7. The van der Waals surface area contributed by atoms with Crippen molar-refractivity contribution < 1.29 is 34.1 Å². The van der Waals surface area contributed by atoms with Gasteiger partial charge in [-0.2, -0.15) is 0 Å². The Morgan fingerprint density at radius 3 is 2.39 bits per heavy atom. The highest BCUT2D eigenvalue weighted by Gasteiger charge is 2.23. The summed E-state index contributed by atoms with van der Waals surface area (Å²) in [4.78, 5) is 35.4. The number of carboxylic acid groups (broad SMARTS) is 1. The van der Waals surface area contributed by atoms with Gasteiger partial charge in [0, 0.05) is 13.0 Å².